The molecule has 6 heteroatoms. The summed E-state index contributed by atoms with van der Waals surface area (Å²) in [5.74, 6) is -1.61. The van der Waals surface area contributed by atoms with Gasteiger partial charge in [-0.05, 0) is 6.42 Å². The van der Waals surface area contributed by atoms with Gasteiger partial charge in [0.05, 0.1) is 0 Å². The summed E-state index contributed by atoms with van der Waals surface area (Å²) in [5.41, 5.74) is 0. The Balaban J connectivity index is 2.31. The van der Waals surface area contributed by atoms with Crippen LogP contribution in [-0.2, 0) is 9.59 Å². The van der Waals surface area contributed by atoms with Gasteiger partial charge in [-0.3, -0.25) is 9.59 Å². The van der Waals surface area contributed by atoms with Crippen molar-refractivity contribution in [1.29, 1.82) is 0 Å². The van der Waals surface area contributed by atoms with Gasteiger partial charge in [-0.25, -0.2) is 0 Å². The molecule has 1 saturated carbocycles. The van der Waals surface area contributed by atoms with E-state index in [-0.39, 0.29) is 21.9 Å². The Morgan fingerprint density at radius 2 is 1.29 bits per heavy atom. The molecule has 0 aromatic rings. The van der Waals surface area contributed by atoms with Crippen LogP contribution in [-0.4, -0.2) is 21.3 Å². The van der Waals surface area contributed by atoms with Gasteiger partial charge < -0.3 is 0 Å². The Morgan fingerprint density at radius 1 is 0.941 bits per heavy atom. The molecule has 0 saturated heterocycles. The van der Waals surface area contributed by atoms with Crippen molar-refractivity contribution in [2.75, 3.05) is 0 Å². The lowest BCUT2D eigenvalue weighted by Crippen LogP contribution is -2.61. The molecule has 0 amide bonds. The summed E-state index contributed by atoms with van der Waals surface area (Å²) in [4.78, 5) is 21.4. The third kappa shape index (κ3) is 1.07. The van der Waals surface area contributed by atoms with Gasteiger partial charge in [0.2, 0.25) is 0 Å². The predicted octanol–water partition coefficient (Wildman–Crippen LogP) is 2.99. The quantitative estimate of drug-likeness (QED) is 0.509. The van der Waals surface area contributed by atoms with Crippen LogP contribution in [0.25, 0.3) is 0 Å². The Kier molecular flexibility index (Phi) is 2.33. The largest absolute Gasteiger partial charge is 0.291 e. The standard InChI is InChI=1S/C11H6Cl4O2/c12-6-7(13)9(17)11(15)5-2-1-4(3-5)10(11,14)8(6)16/h1-2,4-5H,3H2/t4-,5-,10+,11+/m0/s1. The highest BCUT2D eigenvalue weighted by molar-refractivity contribution is 6.66. The van der Waals surface area contributed by atoms with Crippen LogP contribution in [0.5, 0.6) is 0 Å². The van der Waals surface area contributed by atoms with Gasteiger partial charge in [-0.2, -0.15) is 0 Å². The van der Waals surface area contributed by atoms with Crippen LogP contribution >= 0.6 is 46.4 Å². The molecule has 0 heterocycles. The SMILES string of the molecule is O=C1C(Cl)=C(Cl)C(=O)[C@]2(Cl)[C@H]3C=C[C@@H](C3)[C@@]12Cl. The molecule has 0 aromatic carbocycles. The van der Waals surface area contributed by atoms with Crippen molar-refractivity contribution < 1.29 is 9.59 Å². The number of carbonyl (C=O) groups is 2. The number of halogens is 4. The van der Waals surface area contributed by atoms with Crippen LogP contribution in [0.1, 0.15) is 6.42 Å². The van der Waals surface area contributed by atoms with Gasteiger partial charge in [-0.15, -0.1) is 23.2 Å². The maximum atomic E-state index is 12.2. The smallest absolute Gasteiger partial charge is 0.199 e. The lowest BCUT2D eigenvalue weighted by molar-refractivity contribution is -0.127. The number of ketones is 2. The summed E-state index contributed by atoms with van der Waals surface area (Å²) in [6.07, 6.45) is 4.23. The first-order valence-corrected chi connectivity index (χ1v) is 6.57. The summed E-state index contributed by atoms with van der Waals surface area (Å²) in [6.45, 7) is 0. The first-order valence-electron chi connectivity index (χ1n) is 5.06. The fourth-order valence-corrected chi connectivity index (χ4v) is 4.55. The van der Waals surface area contributed by atoms with E-state index >= 15 is 0 Å². The highest BCUT2D eigenvalue weighted by Gasteiger charge is 2.74. The first kappa shape index (κ1) is 12.0. The number of fused-ring (bicyclic) bond motifs is 5. The molecule has 1 fully saturated rings. The van der Waals surface area contributed by atoms with Crippen molar-refractivity contribution >= 4 is 58.0 Å². The minimum atomic E-state index is -1.49. The summed E-state index contributed by atoms with van der Waals surface area (Å²) < 4.78 is 0. The van der Waals surface area contributed by atoms with E-state index in [1.165, 1.54) is 0 Å². The highest BCUT2D eigenvalue weighted by Crippen LogP contribution is 2.64. The molecule has 2 nitrogen and oxygen atoms in total. The molecule has 3 aliphatic rings. The molecular weight excluding hydrogens is 306 g/mol. The molecule has 0 radical (unpaired) electrons. The van der Waals surface area contributed by atoms with E-state index in [1.54, 1.807) is 0 Å². The Bertz CT molecular complexity index is 480. The maximum absolute atomic E-state index is 12.2. The Labute approximate surface area is 118 Å². The first-order chi connectivity index (χ1) is 7.85. The summed E-state index contributed by atoms with van der Waals surface area (Å²) >= 11 is 24.3. The number of Topliss-reactive ketones (excluding diaryl/α,β-unsaturated/α-hetero) is 2. The molecule has 17 heavy (non-hydrogen) atoms. The van der Waals surface area contributed by atoms with Crippen LogP contribution < -0.4 is 0 Å². The second-order valence-electron chi connectivity index (χ2n) is 4.54. The molecule has 4 atom stereocenters. The number of hydrogen-bond acceptors (Lipinski definition) is 2. The molecule has 90 valence electrons. The monoisotopic (exact) mass is 310 g/mol. The van der Waals surface area contributed by atoms with Crippen LogP contribution in [0.15, 0.2) is 22.2 Å². The molecule has 0 N–H and O–H groups in total. The van der Waals surface area contributed by atoms with E-state index in [4.69, 9.17) is 46.4 Å². The van der Waals surface area contributed by atoms with Gasteiger partial charge in [0.15, 0.2) is 11.6 Å². The van der Waals surface area contributed by atoms with Crippen molar-refractivity contribution in [2.24, 2.45) is 11.8 Å². The molecule has 0 aliphatic heterocycles. The zero-order valence-corrected chi connectivity index (χ0v) is 11.4. The lowest BCUT2D eigenvalue weighted by Gasteiger charge is -2.43. The zero-order chi connectivity index (χ0) is 12.6. The minimum absolute atomic E-state index is 0.262. The lowest BCUT2D eigenvalue weighted by atomic mass is 9.73. The molecule has 0 unspecified atom stereocenters. The number of allylic oxidation sites excluding steroid dienone is 4. The maximum Gasteiger partial charge on any atom is 0.199 e. The molecule has 3 rings (SSSR count). The predicted molar refractivity (Wildman–Crippen MR) is 66.7 cm³/mol. The van der Waals surface area contributed by atoms with Crippen molar-refractivity contribution in [2.45, 2.75) is 16.2 Å². The number of hydrogen-bond donors (Lipinski definition) is 0. The average molecular weight is 312 g/mol. The molecule has 0 spiro atoms. The third-order valence-electron chi connectivity index (χ3n) is 3.89. The van der Waals surface area contributed by atoms with Crippen LogP contribution in [0.3, 0.4) is 0 Å². The number of rotatable bonds is 0. The average Bonchev–Trinajstić information content (AvgIpc) is 2.87. The van der Waals surface area contributed by atoms with Gasteiger partial charge in [0.1, 0.15) is 19.8 Å². The van der Waals surface area contributed by atoms with Crippen molar-refractivity contribution in [3.05, 3.63) is 22.2 Å². The van der Waals surface area contributed by atoms with Crippen molar-refractivity contribution in [3.8, 4) is 0 Å². The van der Waals surface area contributed by atoms with E-state index < -0.39 is 21.3 Å². The van der Waals surface area contributed by atoms with Gasteiger partial charge in [-0.1, -0.05) is 35.4 Å². The molecule has 2 bridgehead atoms. The van der Waals surface area contributed by atoms with Crippen molar-refractivity contribution in [1.82, 2.24) is 0 Å². The van der Waals surface area contributed by atoms with Crippen LogP contribution in [0.4, 0.5) is 0 Å². The minimum Gasteiger partial charge on any atom is -0.291 e. The molecule has 0 aromatic heterocycles. The van der Waals surface area contributed by atoms with Gasteiger partial charge in [0.25, 0.3) is 0 Å². The zero-order valence-electron chi connectivity index (χ0n) is 8.34. The third-order valence-corrected chi connectivity index (χ3v) is 6.30. The van der Waals surface area contributed by atoms with E-state index in [2.05, 4.69) is 0 Å². The Morgan fingerprint density at radius 3 is 1.65 bits per heavy atom. The molecular formula is C11H6Cl4O2. The van der Waals surface area contributed by atoms with Crippen LogP contribution in [0, 0.1) is 11.8 Å². The summed E-state index contributed by atoms with van der Waals surface area (Å²) in [6, 6.07) is 0. The van der Waals surface area contributed by atoms with Gasteiger partial charge in [0, 0.05) is 11.8 Å². The molecule has 3 aliphatic carbocycles. The second-order valence-corrected chi connectivity index (χ2v) is 6.49. The summed E-state index contributed by atoms with van der Waals surface area (Å²) in [5, 5.41) is -0.604. The Hall–Kier alpha value is -0.0200. The topological polar surface area (TPSA) is 34.1 Å². The van der Waals surface area contributed by atoms with E-state index in [0.717, 1.165) is 0 Å². The summed E-state index contributed by atoms with van der Waals surface area (Å²) in [7, 11) is 0. The highest BCUT2D eigenvalue weighted by atomic mass is 35.5. The normalized spacial score (nSPS) is 48.0. The van der Waals surface area contributed by atoms with Gasteiger partial charge >= 0.3 is 0 Å². The second kappa shape index (κ2) is 3.30. The number of alkyl halides is 2. The van der Waals surface area contributed by atoms with Crippen molar-refractivity contribution in [3.63, 3.8) is 0 Å². The van der Waals surface area contributed by atoms with Crippen LogP contribution in [0.2, 0.25) is 0 Å². The fourth-order valence-electron chi connectivity index (χ4n) is 3.01. The van der Waals surface area contributed by atoms with E-state index in [0.29, 0.717) is 6.42 Å². The fraction of sp³-hybridized carbons (Fsp3) is 0.455. The number of carbonyl (C=O) groups excluding carboxylic acids is 2. The van der Waals surface area contributed by atoms with E-state index in [9.17, 15) is 9.59 Å². The van der Waals surface area contributed by atoms with E-state index in [1.807, 2.05) is 12.2 Å².